The van der Waals surface area contributed by atoms with Gasteiger partial charge in [0.25, 0.3) is 0 Å². The van der Waals surface area contributed by atoms with Crippen molar-refractivity contribution < 1.29 is 9.90 Å². The van der Waals surface area contributed by atoms with E-state index in [9.17, 15) is 4.79 Å². The Labute approximate surface area is 213 Å². The van der Waals surface area contributed by atoms with Crippen LogP contribution in [0, 0.1) is 30.1 Å². The first kappa shape index (κ1) is 25.6. The topological polar surface area (TPSA) is 98.3 Å². The molecule has 0 atom stereocenters. The molecule has 0 unspecified atom stereocenters. The molecule has 36 heavy (non-hydrogen) atoms. The van der Waals surface area contributed by atoms with Crippen LogP contribution in [-0.4, -0.2) is 63.2 Å². The molecule has 1 aromatic carbocycles. The molecule has 2 aliphatic rings. The highest BCUT2D eigenvalue weighted by Crippen LogP contribution is 2.30. The number of aliphatic hydroxyl groups excluding tert-OH is 1. The van der Waals surface area contributed by atoms with E-state index >= 15 is 0 Å². The van der Waals surface area contributed by atoms with Gasteiger partial charge < -0.3 is 19.5 Å². The van der Waals surface area contributed by atoms with E-state index in [-0.39, 0.29) is 12.3 Å². The average molecular weight is 489 g/mol. The van der Waals surface area contributed by atoms with Gasteiger partial charge in [-0.25, -0.2) is 9.97 Å². The lowest BCUT2D eigenvalue weighted by molar-refractivity contribution is -0.130. The second kappa shape index (κ2) is 12.0. The normalized spacial score (nSPS) is 19.9. The molecule has 8 nitrogen and oxygen atoms in total. The Bertz CT molecular complexity index is 1200. The van der Waals surface area contributed by atoms with Crippen molar-refractivity contribution in [3.63, 3.8) is 0 Å². The van der Waals surface area contributed by atoms with Gasteiger partial charge in [0.15, 0.2) is 0 Å². The van der Waals surface area contributed by atoms with Crippen LogP contribution in [0.1, 0.15) is 44.9 Å². The van der Waals surface area contributed by atoms with Crippen molar-refractivity contribution >= 4 is 22.5 Å². The molecule has 5 rings (SSSR count). The molecule has 190 valence electrons. The van der Waals surface area contributed by atoms with Gasteiger partial charge in [-0.3, -0.25) is 4.79 Å². The predicted molar refractivity (Wildman–Crippen MR) is 141 cm³/mol. The highest BCUT2D eigenvalue weighted by Gasteiger charge is 2.22. The van der Waals surface area contributed by atoms with Crippen molar-refractivity contribution in [1.82, 2.24) is 19.4 Å². The maximum absolute atomic E-state index is 11.9. The number of carbonyl (C=O) groups excluding carboxylic acids is 1. The van der Waals surface area contributed by atoms with Crippen molar-refractivity contribution in [2.45, 2.75) is 46.0 Å². The molecule has 1 saturated heterocycles. The number of rotatable bonds is 4. The zero-order valence-corrected chi connectivity index (χ0v) is 21.3. The fourth-order valence-corrected chi connectivity index (χ4v) is 5.09. The van der Waals surface area contributed by atoms with E-state index in [2.05, 4.69) is 50.6 Å². The molecule has 1 aliphatic heterocycles. The second-order valence-electron chi connectivity index (χ2n) is 9.87. The van der Waals surface area contributed by atoms with Crippen molar-refractivity contribution in [1.29, 1.82) is 5.26 Å². The quantitative estimate of drug-likeness (QED) is 0.594. The maximum Gasteiger partial charge on any atom is 0.236 e. The number of carbonyl (C=O) groups is 1. The van der Waals surface area contributed by atoms with Crippen LogP contribution >= 0.6 is 0 Å². The molecule has 8 heteroatoms. The smallest absolute Gasteiger partial charge is 0.236 e. The van der Waals surface area contributed by atoms with E-state index < -0.39 is 0 Å². The molecule has 1 amide bonds. The lowest BCUT2D eigenvalue weighted by Crippen LogP contribution is -2.48. The summed E-state index contributed by atoms with van der Waals surface area (Å²) in [6.07, 6.45) is 8.90. The average Bonchev–Trinajstić information content (AvgIpc) is 3.34. The van der Waals surface area contributed by atoms with Gasteiger partial charge in [0.05, 0.1) is 11.6 Å². The Balaban J connectivity index is 0.000000286. The highest BCUT2D eigenvalue weighted by atomic mass is 16.3. The zero-order chi connectivity index (χ0) is 25.5. The molecule has 3 heterocycles. The molecule has 0 radical (unpaired) electrons. The monoisotopic (exact) mass is 488 g/mol. The largest absolute Gasteiger partial charge is 0.396 e. The summed E-state index contributed by atoms with van der Waals surface area (Å²) < 4.78 is 2.07. The fraction of sp³-hybridized carbons (Fsp3) is 0.500. The van der Waals surface area contributed by atoms with Gasteiger partial charge in [-0.05, 0) is 55.9 Å². The van der Waals surface area contributed by atoms with Crippen LogP contribution in [0.4, 0.5) is 5.69 Å². The Morgan fingerprint density at radius 1 is 1.11 bits per heavy atom. The molecular formula is C28H36N6O2. The number of amides is 1. The van der Waals surface area contributed by atoms with E-state index in [1.807, 2.05) is 25.3 Å². The van der Waals surface area contributed by atoms with Crippen LogP contribution < -0.4 is 4.90 Å². The zero-order valence-electron chi connectivity index (χ0n) is 21.3. The number of fused-ring (bicyclic) bond motifs is 1. The summed E-state index contributed by atoms with van der Waals surface area (Å²) in [7, 11) is 0. The van der Waals surface area contributed by atoms with Gasteiger partial charge in [-0.1, -0.05) is 25.8 Å². The second-order valence-corrected chi connectivity index (χ2v) is 9.87. The third kappa shape index (κ3) is 6.03. The van der Waals surface area contributed by atoms with E-state index in [1.54, 1.807) is 11.1 Å². The number of hydrogen-bond donors (Lipinski definition) is 1. The van der Waals surface area contributed by atoms with Crippen LogP contribution in [0.25, 0.3) is 16.7 Å². The van der Waals surface area contributed by atoms with Crippen molar-refractivity contribution in [2.24, 2.45) is 11.8 Å². The maximum atomic E-state index is 11.9. The Morgan fingerprint density at radius 2 is 1.86 bits per heavy atom. The summed E-state index contributed by atoms with van der Waals surface area (Å²) in [5, 5.41) is 18.6. The number of benzene rings is 1. The number of nitrogens with zero attached hydrogens (tertiary/aromatic N) is 6. The summed E-state index contributed by atoms with van der Waals surface area (Å²) in [6, 6.07) is 12.2. The SMILES string of the molecule is CC1CCC(CO)CC1.Cc1nccc(-n2ccc3c(N4CCN(C(=O)CC#N)CC4)cccc32)n1. The Hall–Kier alpha value is -3.44. The van der Waals surface area contributed by atoms with Gasteiger partial charge in [-0.15, -0.1) is 0 Å². The first-order valence-corrected chi connectivity index (χ1v) is 12.9. The van der Waals surface area contributed by atoms with Gasteiger partial charge in [0.2, 0.25) is 5.91 Å². The summed E-state index contributed by atoms with van der Waals surface area (Å²) in [6.45, 7) is 7.39. The Kier molecular flexibility index (Phi) is 8.55. The van der Waals surface area contributed by atoms with Crippen LogP contribution in [0.2, 0.25) is 0 Å². The lowest BCUT2D eigenvalue weighted by atomic mass is 9.84. The number of aliphatic hydroxyl groups is 1. The van der Waals surface area contributed by atoms with E-state index in [1.165, 1.54) is 25.7 Å². The number of nitriles is 1. The minimum Gasteiger partial charge on any atom is -0.396 e. The molecule has 2 fully saturated rings. The number of aryl methyl sites for hydroxylation is 1. The first-order chi connectivity index (χ1) is 17.5. The molecule has 3 aromatic rings. The molecule has 0 spiro atoms. The summed E-state index contributed by atoms with van der Waals surface area (Å²) in [4.78, 5) is 24.7. The van der Waals surface area contributed by atoms with Crippen LogP contribution in [0.3, 0.4) is 0 Å². The summed E-state index contributed by atoms with van der Waals surface area (Å²) >= 11 is 0. The molecule has 1 N–H and O–H groups in total. The van der Waals surface area contributed by atoms with Crippen molar-refractivity contribution in [3.8, 4) is 11.9 Å². The molecule has 1 saturated carbocycles. The van der Waals surface area contributed by atoms with E-state index in [4.69, 9.17) is 10.4 Å². The van der Waals surface area contributed by atoms with Crippen molar-refractivity contribution in [3.05, 3.63) is 48.5 Å². The fourth-order valence-electron chi connectivity index (χ4n) is 5.09. The number of hydrogen-bond acceptors (Lipinski definition) is 6. The minimum absolute atomic E-state index is 0.0449. The number of aromatic nitrogens is 3. The van der Waals surface area contributed by atoms with Gasteiger partial charge in [0, 0.05) is 56.3 Å². The molecular weight excluding hydrogens is 452 g/mol. The molecule has 1 aliphatic carbocycles. The van der Waals surface area contributed by atoms with E-state index in [0.29, 0.717) is 25.6 Å². The predicted octanol–water partition coefficient (Wildman–Crippen LogP) is 4.10. The van der Waals surface area contributed by atoms with Crippen LogP contribution in [0.5, 0.6) is 0 Å². The third-order valence-electron chi connectivity index (χ3n) is 7.32. The lowest BCUT2D eigenvalue weighted by Gasteiger charge is -2.36. The van der Waals surface area contributed by atoms with Crippen molar-refractivity contribution in [2.75, 3.05) is 37.7 Å². The standard InChI is InChI=1S/C20H20N6O.C8H16O/c1-15-22-9-6-19(23-15)26-10-7-16-17(3-2-4-18(16)26)24-11-13-25(14-12-24)20(27)5-8-21;1-7-2-4-8(6-9)5-3-7/h2-4,6-7,9-10H,5,11-14H2,1H3;7-9H,2-6H2,1H3. The molecule has 2 aromatic heterocycles. The summed E-state index contributed by atoms with van der Waals surface area (Å²) in [5.41, 5.74) is 2.25. The minimum atomic E-state index is -0.0827. The third-order valence-corrected chi connectivity index (χ3v) is 7.32. The van der Waals surface area contributed by atoms with Gasteiger partial charge in [-0.2, -0.15) is 5.26 Å². The van der Waals surface area contributed by atoms with Crippen LogP contribution in [-0.2, 0) is 4.79 Å². The number of anilines is 1. The van der Waals surface area contributed by atoms with Gasteiger partial charge >= 0.3 is 0 Å². The summed E-state index contributed by atoms with van der Waals surface area (Å²) in [5.74, 6) is 3.04. The van der Waals surface area contributed by atoms with Gasteiger partial charge in [0.1, 0.15) is 18.1 Å². The molecule has 0 bridgehead atoms. The van der Waals surface area contributed by atoms with Crippen LogP contribution in [0.15, 0.2) is 42.7 Å². The first-order valence-electron chi connectivity index (χ1n) is 12.9. The van der Waals surface area contributed by atoms with E-state index in [0.717, 1.165) is 47.2 Å². The highest BCUT2D eigenvalue weighted by molar-refractivity contribution is 5.94. The number of piperazine rings is 1. The Morgan fingerprint density at radius 3 is 2.53 bits per heavy atom.